The molecule has 0 fully saturated rings. The fourth-order valence-electron chi connectivity index (χ4n) is 1.02. The van der Waals surface area contributed by atoms with E-state index < -0.39 is 7.12 Å². The highest BCUT2D eigenvalue weighted by Gasteiger charge is 2.13. The minimum absolute atomic E-state index is 0.284. The summed E-state index contributed by atoms with van der Waals surface area (Å²) >= 11 is 5.57. The summed E-state index contributed by atoms with van der Waals surface area (Å²) in [6.45, 7) is 0. The van der Waals surface area contributed by atoms with Gasteiger partial charge < -0.3 is 10.0 Å². The summed E-state index contributed by atoms with van der Waals surface area (Å²) < 4.78 is 1.37. The molecule has 0 saturated heterocycles. The molecule has 0 aliphatic rings. The van der Waals surface area contributed by atoms with Crippen molar-refractivity contribution in [2.75, 3.05) is 0 Å². The first-order chi connectivity index (χ1) is 7.16. The molecule has 15 heavy (non-hydrogen) atoms. The maximum absolute atomic E-state index is 8.87. The quantitative estimate of drug-likeness (QED) is 0.639. The van der Waals surface area contributed by atoms with Gasteiger partial charge in [0.1, 0.15) is 5.15 Å². The van der Waals surface area contributed by atoms with E-state index in [2.05, 4.69) is 15.1 Å². The summed E-state index contributed by atoms with van der Waals surface area (Å²) in [4.78, 5) is 7.79. The maximum atomic E-state index is 8.87. The minimum Gasteiger partial charge on any atom is -0.423 e. The number of halogens is 1. The first-order valence-electron chi connectivity index (χ1n) is 4.05. The van der Waals surface area contributed by atoms with Crippen LogP contribution in [0.3, 0.4) is 0 Å². The van der Waals surface area contributed by atoms with Gasteiger partial charge in [-0.1, -0.05) is 11.6 Å². The Morgan fingerprint density at radius 1 is 1.20 bits per heavy atom. The monoisotopic (exact) mass is 224 g/mol. The Labute approximate surface area is 90.3 Å². The van der Waals surface area contributed by atoms with Crippen molar-refractivity contribution in [1.82, 2.24) is 19.7 Å². The predicted molar refractivity (Wildman–Crippen MR) is 54.0 cm³/mol. The van der Waals surface area contributed by atoms with Crippen LogP contribution in [0, 0.1) is 0 Å². The van der Waals surface area contributed by atoms with E-state index >= 15 is 0 Å². The lowest BCUT2D eigenvalue weighted by molar-refractivity contribution is 0.426. The van der Waals surface area contributed by atoms with Crippen LogP contribution < -0.4 is 5.46 Å². The van der Waals surface area contributed by atoms with Gasteiger partial charge in [0.15, 0.2) is 5.82 Å². The second-order valence-corrected chi connectivity index (χ2v) is 3.18. The first kappa shape index (κ1) is 10.1. The summed E-state index contributed by atoms with van der Waals surface area (Å²) in [7, 11) is -1.54. The van der Waals surface area contributed by atoms with Crippen LogP contribution in [-0.2, 0) is 0 Å². The molecule has 0 atom stereocenters. The highest BCUT2D eigenvalue weighted by Crippen LogP contribution is 2.04. The zero-order valence-electron chi connectivity index (χ0n) is 7.45. The average Bonchev–Trinajstić information content (AvgIpc) is 2.68. The molecule has 2 aromatic rings. The number of nitrogens with zero attached hydrogens (tertiary/aromatic N) is 4. The Kier molecular flexibility index (Phi) is 2.67. The average molecular weight is 224 g/mol. The third-order valence-electron chi connectivity index (χ3n) is 1.74. The molecule has 0 saturated carbocycles. The van der Waals surface area contributed by atoms with Gasteiger partial charge in [0.05, 0.1) is 12.4 Å². The van der Waals surface area contributed by atoms with Crippen LogP contribution in [0.15, 0.2) is 24.8 Å². The standard InChI is InChI=1S/C7H6BClN4O2/c9-6-2-11-7(3-10-6)13-4-5(1-12-13)8(14)15/h1-4,14-15H. The third-order valence-corrected chi connectivity index (χ3v) is 1.94. The van der Waals surface area contributed by atoms with Crippen molar-refractivity contribution in [3.63, 3.8) is 0 Å². The minimum atomic E-state index is -1.54. The highest BCUT2D eigenvalue weighted by molar-refractivity contribution is 6.58. The van der Waals surface area contributed by atoms with E-state index in [-0.39, 0.29) is 10.6 Å². The Balaban J connectivity index is 2.33. The molecule has 0 aliphatic heterocycles. The molecular formula is C7H6BClN4O2. The van der Waals surface area contributed by atoms with Gasteiger partial charge in [-0.25, -0.2) is 14.6 Å². The van der Waals surface area contributed by atoms with E-state index in [4.69, 9.17) is 21.6 Å². The molecule has 76 valence electrons. The molecule has 8 heteroatoms. The van der Waals surface area contributed by atoms with E-state index in [1.807, 2.05) is 0 Å². The van der Waals surface area contributed by atoms with Gasteiger partial charge in [0.2, 0.25) is 0 Å². The topological polar surface area (TPSA) is 84.1 Å². The molecule has 2 aromatic heterocycles. The van der Waals surface area contributed by atoms with E-state index in [0.717, 1.165) is 0 Å². The van der Waals surface area contributed by atoms with Gasteiger partial charge in [-0.15, -0.1) is 0 Å². The van der Waals surface area contributed by atoms with Crippen LogP contribution in [0.25, 0.3) is 5.82 Å². The summed E-state index contributed by atoms with van der Waals surface area (Å²) in [5.74, 6) is 0.450. The SMILES string of the molecule is OB(O)c1cnn(-c2cnc(Cl)cn2)c1. The molecule has 0 amide bonds. The van der Waals surface area contributed by atoms with Gasteiger partial charge in [-0.3, -0.25) is 0 Å². The maximum Gasteiger partial charge on any atom is 0.491 e. The van der Waals surface area contributed by atoms with Gasteiger partial charge >= 0.3 is 7.12 Å². The van der Waals surface area contributed by atoms with E-state index in [0.29, 0.717) is 5.82 Å². The Bertz CT molecular complexity index is 458. The highest BCUT2D eigenvalue weighted by atomic mass is 35.5. The fourth-order valence-corrected chi connectivity index (χ4v) is 1.12. The normalized spacial score (nSPS) is 10.3. The van der Waals surface area contributed by atoms with Crippen molar-refractivity contribution < 1.29 is 10.0 Å². The van der Waals surface area contributed by atoms with Crippen molar-refractivity contribution in [2.45, 2.75) is 0 Å². The van der Waals surface area contributed by atoms with Crippen LogP contribution in [0.1, 0.15) is 0 Å². The Hall–Kier alpha value is -1.44. The Morgan fingerprint density at radius 3 is 2.53 bits per heavy atom. The molecule has 2 heterocycles. The molecule has 0 bridgehead atoms. The summed E-state index contributed by atoms with van der Waals surface area (Å²) in [5.41, 5.74) is 0.284. The molecule has 2 N–H and O–H groups in total. The van der Waals surface area contributed by atoms with Crippen LogP contribution in [-0.4, -0.2) is 36.9 Å². The smallest absolute Gasteiger partial charge is 0.423 e. The lowest BCUT2D eigenvalue weighted by Gasteiger charge is -1.98. The Morgan fingerprint density at radius 2 is 2.00 bits per heavy atom. The van der Waals surface area contributed by atoms with Crippen molar-refractivity contribution in [3.05, 3.63) is 29.9 Å². The van der Waals surface area contributed by atoms with E-state index in [9.17, 15) is 0 Å². The van der Waals surface area contributed by atoms with Gasteiger partial charge in [0, 0.05) is 17.9 Å². The number of rotatable bonds is 2. The molecule has 0 aliphatic carbocycles. The molecular weight excluding hydrogens is 218 g/mol. The van der Waals surface area contributed by atoms with Gasteiger partial charge in [-0.05, 0) is 0 Å². The van der Waals surface area contributed by atoms with Gasteiger partial charge in [-0.2, -0.15) is 5.10 Å². The van der Waals surface area contributed by atoms with Crippen LogP contribution in [0.2, 0.25) is 5.15 Å². The predicted octanol–water partition coefficient (Wildman–Crippen LogP) is -1.00. The molecule has 0 radical (unpaired) electrons. The molecule has 0 unspecified atom stereocenters. The van der Waals surface area contributed by atoms with Crippen molar-refractivity contribution in [2.24, 2.45) is 0 Å². The van der Waals surface area contributed by atoms with E-state index in [1.54, 1.807) is 0 Å². The van der Waals surface area contributed by atoms with Crippen LogP contribution in [0.5, 0.6) is 0 Å². The van der Waals surface area contributed by atoms with Crippen molar-refractivity contribution in [3.8, 4) is 5.82 Å². The third kappa shape index (κ3) is 2.15. The number of hydrogen-bond acceptors (Lipinski definition) is 5. The first-order valence-corrected chi connectivity index (χ1v) is 4.43. The molecule has 2 rings (SSSR count). The molecule has 0 aromatic carbocycles. The molecule has 6 nitrogen and oxygen atoms in total. The fraction of sp³-hybridized carbons (Fsp3) is 0. The van der Waals surface area contributed by atoms with Crippen molar-refractivity contribution in [1.29, 1.82) is 0 Å². The molecule has 0 spiro atoms. The largest absolute Gasteiger partial charge is 0.491 e. The summed E-state index contributed by atoms with van der Waals surface area (Å²) in [5, 5.41) is 21.9. The van der Waals surface area contributed by atoms with Gasteiger partial charge in [0.25, 0.3) is 0 Å². The zero-order chi connectivity index (χ0) is 10.8. The number of hydrogen-bond donors (Lipinski definition) is 2. The van der Waals surface area contributed by atoms with Crippen LogP contribution in [0.4, 0.5) is 0 Å². The van der Waals surface area contributed by atoms with E-state index in [1.165, 1.54) is 29.5 Å². The lowest BCUT2D eigenvalue weighted by atomic mass is 9.83. The second-order valence-electron chi connectivity index (χ2n) is 2.79. The second kappa shape index (κ2) is 3.97. The summed E-state index contributed by atoms with van der Waals surface area (Å²) in [6.07, 6.45) is 5.60. The van der Waals surface area contributed by atoms with Crippen LogP contribution >= 0.6 is 11.6 Å². The summed E-state index contributed by atoms with van der Waals surface area (Å²) in [6, 6.07) is 0. The van der Waals surface area contributed by atoms with Crippen molar-refractivity contribution >= 4 is 24.2 Å². The number of aromatic nitrogens is 4. The lowest BCUT2D eigenvalue weighted by Crippen LogP contribution is -2.28. The zero-order valence-corrected chi connectivity index (χ0v) is 8.20.